The summed E-state index contributed by atoms with van der Waals surface area (Å²) in [6, 6.07) is 14.2. The number of amides is 3. The molecule has 124 valence electrons. The van der Waals surface area contributed by atoms with Crippen LogP contribution in [0.5, 0.6) is 0 Å². The molecule has 0 aliphatic heterocycles. The summed E-state index contributed by atoms with van der Waals surface area (Å²) in [7, 11) is 0. The Morgan fingerprint density at radius 2 is 1.25 bits per heavy atom. The fourth-order valence-corrected chi connectivity index (χ4v) is 2.04. The van der Waals surface area contributed by atoms with Gasteiger partial charge in [0.1, 0.15) is 0 Å². The van der Waals surface area contributed by atoms with Crippen molar-refractivity contribution in [3.8, 4) is 11.1 Å². The van der Waals surface area contributed by atoms with Crippen LogP contribution in [-0.2, 0) is 9.59 Å². The van der Waals surface area contributed by atoms with E-state index in [-0.39, 0.29) is 5.56 Å². The van der Waals surface area contributed by atoms with E-state index in [1.54, 1.807) is 12.1 Å². The number of hydrogen-bond donors (Lipinski definition) is 5. The van der Waals surface area contributed by atoms with Gasteiger partial charge in [0.05, 0.1) is 0 Å². The monoisotopic (exact) mass is 329 g/mol. The quantitative estimate of drug-likeness (QED) is 0.309. The van der Waals surface area contributed by atoms with E-state index in [0.717, 1.165) is 11.1 Å². The molecular formula is C16H15N3O5. The maximum Gasteiger partial charge on any atom is 0.275 e. The van der Waals surface area contributed by atoms with E-state index in [4.69, 9.17) is 10.4 Å². The lowest BCUT2D eigenvalue weighted by Crippen LogP contribution is -2.54. The first-order valence-corrected chi connectivity index (χ1v) is 6.91. The third-order valence-electron chi connectivity index (χ3n) is 3.27. The molecule has 0 saturated carbocycles. The average Bonchev–Trinajstić information content (AvgIpc) is 2.65. The highest BCUT2D eigenvalue weighted by atomic mass is 16.5. The van der Waals surface area contributed by atoms with E-state index in [0.29, 0.717) is 0 Å². The van der Waals surface area contributed by atoms with E-state index < -0.39 is 23.8 Å². The number of hydrogen-bond acceptors (Lipinski definition) is 5. The van der Waals surface area contributed by atoms with Crippen LogP contribution in [0.3, 0.4) is 0 Å². The van der Waals surface area contributed by atoms with Gasteiger partial charge in [0.15, 0.2) is 6.04 Å². The Balaban J connectivity index is 2.14. The second-order valence-electron chi connectivity index (χ2n) is 4.80. The highest BCUT2D eigenvalue weighted by Gasteiger charge is 2.28. The summed E-state index contributed by atoms with van der Waals surface area (Å²) in [4.78, 5) is 34.9. The molecule has 0 bridgehead atoms. The lowest BCUT2D eigenvalue weighted by atomic mass is 10.0. The summed E-state index contributed by atoms with van der Waals surface area (Å²) in [6.45, 7) is 0. The Hall–Kier alpha value is -3.23. The van der Waals surface area contributed by atoms with Crippen molar-refractivity contribution in [1.82, 2.24) is 16.3 Å². The van der Waals surface area contributed by atoms with Gasteiger partial charge in [0.25, 0.3) is 17.7 Å². The number of carbonyl (C=O) groups is 3. The molecule has 0 atom stereocenters. The molecule has 0 aliphatic rings. The zero-order valence-electron chi connectivity index (χ0n) is 12.4. The fraction of sp³-hybridized carbons (Fsp3) is 0.0625. The second kappa shape index (κ2) is 7.86. The van der Waals surface area contributed by atoms with E-state index in [2.05, 4.69) is 5.32 Å². The van der Waals surface area contributed by atoms with Gasteiger partial charge in [-0.05, 0) is 23.3 Å². The van der Waals surface area contributed by atoms with E-state index in [9.17, 15) is 14.4 Å². The molecule has 8 heteroatoms. The minimum Gasteiger partial charge on any atom is -0.332 e. The van der Waals surface area contributed by atoms with Gasteiger partial charge in [-0.3, -0.25) is 24.8 Å². The minimum absolute atomic E-state index is 0.205. The smallest absolute Gasteiger partial charge is 0.275 e. The molecule has 0 unspecified atom stereocenters. The van der Waals surface area contributed by atoms with Crippen LogP contribution in [0.25, 0.3) is 11.1 Å². The molecule has 0 aliphatic carbocycles. The van der Waals surface area contributed by atoms with Gasteiger partial charge in [-0.1, -0.05) is 42.5 Å². The molecule has 0 fully saturated rings. The van der Waals surface area contributed by atoms with Crippen molar-refractivity contribution in [2.24, 2.45) is 0 Å². The minimum atomic E-state index is -1.78. The molecule has 2 aromatic carbocycles. The van der Waals surface area contributed by atoms with Gasteiger partial charge in [-0.2, -0.15) is 0 Å². The lowest BCUT2D eigenvalue weighted by molar-refractivity contribution is -0.141. The molecule has 2 aromatic rings. The van der Waals surface area contributed by atoms with Gasteiger partial charge in [-0.25, -0.2) is 11.0 Å². The van der Waals surface area contributed by atoms with E-state index in [1.807, 2.05) is 30.3 Å². The van der Waals surface area contributed by atoms with Crippen LogP contribution in [0.4, 0.5) is 0 Å². The van der Waals surface area contributed by atoms with Crippen LogP contribution in [0, 0.1) is 0 Å². The number of rotatable bonds is 5. The topological polar surface area (TPSA) is 128 Å². The van der Waals surface area contributed by atoms with Crippen LogP contribution in [0.1, 0.15) is 10.4 Å². The Morgan fingerprint density at radius 1 is 0.750 bits per heavy atom. The Morgan fingerprint density at radius 3 is 1.75 bits per heavy atom. The first kappa shape index (κ1) is 17.1. The van der Waals surface area contributed by atoms with Crippen LogP contribution in [-0.4, -0.2) is 34.2 Å². The second-order valence-corrected chi connectivity index (χ2v) is 4.80. The summed E-state index contributed by atoms with van der Waals surface area (Å²) in [5, 5.41) is 19.3. The zero-order chi connectivity index (χ0) is 17.5. The maximum absolute atomic E-state index is 12.1. The predicted octanol–water partition coefficient (Wildman–Crippen LogP) is 0.463. The molecule has 0 heterocycles. The van der Waals surface area contributed by atoms with Crippen molar-refractivity contribution in [2.45, 2.75) is 6.04 Å². The molecule has 8 nitrogen and oxygen atoms in total. The molecule has 5 N–H and O–H groups in total. The van der Waals surface area contributed by atoms with Crippen molar-refractivity contribution < 1.29 is 24.8 Å². The zero-order valence-corrected chi connectivity index (χ0v) is 12.4. The normalized spacial score (nSPS) is 10.1. The Kier molecular flexibility index (Phi) is 5.61. The van der Waals surface area contributed by atoms with Crippen molar-refractivity contribution in [2.75, 3.05) is 0 Å². The molecule has 2 rings (SSSR count). The summed E-state index contributed by atoms with van der Waals surface area (Å²) < 4.78 is 0. The van der Waals surface area contributed by atoms with Crippen molar-refractivity contribution in [3.05, 3.63) is 60.2 Å². The maximum atomic E-state index is 12.1. The molecule has 3 amide bonds. The molecule has 0 aromatic heterocycles. The summed E-state index contributed by atoms with van der Waals surface area (Å²) in [5.41, 5.74) is 4.56. The largest absolute Gasteiger partial charge is 0.332 e. The fourth-order valence-electron chi connectivity index (χ4n) is 2.04. The van der Waals surface area contributed by atoms with Crippen molar-refractivity contribution >= 4 is 17.7 Å². The van der Waals surface area contributed by atoms with E-state index >= 15 is 0 Å². The Bertz CT molecular complexity index is 715. The van der Waals surface area contributed by atoms with Crippen LogP contribution in [0.15, 0.2) is 54.6 Å². The van der Waals surface area contributed by atoms with Gasteiger partial charge >= 0.3 is 0 Å². The Labute approximate surface area is 137 Å². The number of benzene rings is 2. The third-order valence-corrected chi connectivity index (χ3v) is 3.27. The summed E-state index contributed by atoms with van der Waals surface area (Å²) in [6.07, 6.45) is 0. The summed E-state index contributed by atoms with van der Waals surface area (Å²) >= 11 is 0. The highest BCUT2D eigenvalue weighted by molar-refractivity contribution is 6.08. The number of hydroxylamine groups is 2. The van der Waals surface area contributed by atoms with Gasteiger partial charge in [-0.15, -0.1) is 0 Å². The van der Waals surface area contributed by atoms with Crippen LogP contribution >= 0.6 is 0 Å². The predicted molar refractivity (Wildman–Crippen MR) is 83.0 cm³/mol. The highest BCUT2D eigenvalue weighted by Crippen LogP contribution is 2.19. The lowest BCUT2D eigenvalue weighted by Gasteiger charge is -2.14. The van der Waals surface area contributed by atoms with Crippen molar-refractivity contribution in [3.63, 3.8) is 0 Å². The molecule has 0 radical (unpaired) electrons. The first-order chi connectivity index (χ1) is 11.6. The third kappa shape index (κ3) is 3.94. The summed E-state index contributed by atoms with van der Waals surface area (Å²) in [5.74, 6) is -3.08. The molecule has 0 saturated heterocycles. The van der Waals surface area contributed by atoms with Gasteiger partial charge in [0, 0.05) is 5.56 Å². The molecule has 0 spiro atoms. The first-order valence-electron chi connectivity index (χ1n) is 6.91. The van der Waals surface area contributed by atoms with Crippen LogP contribution in [0.2, 0.25) is 0 Å². The number of carbonyl (C=O) groups excluding carboxylic acids is 3. The van der Waals surface area contributed by atoms with Crippen molar-refractivity contribution in [1.29, 1.82) is 0 Å². The standard InChI is InChI=1S/C16H15N3O5/c20-14(17-13(15(21)18-23)16(22)19-24)12-8-6-11(7-9-12)10-4-2-1-3-5-10/h1-9,13,23-24H,(H,17,20)(H,18,21)(H,19,22). The SMILES string of the molecule is O=C(NC(C(=O)NO)C(=O)NO)c1ccc(-c2ccccc2)cc1. The molecule has 24 heavy (non-hydrogen) atoms. The van der Waals surface area contributed by atoms with E-state index in [1.165, 1.54) is 23.1 Å². The van der Waals surface area contributed by atoms with Gasteiger partial charge in [0.2, 0.25) is 0 Å². The molecular weight excluding hydrogens is 314 g/mol. The average molecular weight is 329 g/mol. The number of nitrogens with one attached hydrogen (secondary N) is 3. The van der Waals surface area contributed by atoms with Gasteiger partial charge < -0.3 is 5.32 Å². The van der Waals surface area contributed by atoms with Crippen LogP contribution < -0.4 is 16.3 Å².